The molecule has 2 nitrogen and oxygen atoms in total. The van der Waals surface area contributed by atoms with E-state index in [1.54, 1.807) is 25.1 Å². The molecule has 0 saturated heterocycles. The molecule has 94 valence electrons. The molecule has 2 rings (SSSR count). The van der Waals surface area contributed by atoms with Gasteiger partial charge in [0.05, 0.1) is 8.66 Å². The van der Waals surface area contributed by atoms with Gasteiger partial charge in [-0.25, -0.2) is 4.39 Å². The Morgan fingerprint density at radius 2 is 2.17 bits per heavy atom. The number of ketones is 1. The molecule has 0 bridgehead atoms. The molecule has 0 saturated carbocycles. The van der Waals surface area contributed by atoms with Crippen molar-refractivity contribution in [3.05, 3.63) is 50.4 Å². The van der Waals surface area contributed by atoms with E-state index in [-0.39, 0.29) is 18.2 Å². The van der Waals surface area contributed by atoms with Gasteiger partial charge < -0.3 is 4.74 Å². The number of Topliss-reactive ketones (excluding diaryl/α,β-unsaturated/α-hetero) is 1. The zero-order valence-corrected chi connectivity index (χ0v) is 12.0. The smallest absolute Gasteiger partial charge is 0.210 e. The largest absolute Gasteiger partial charge is 0.485 e. The van der Waals surface area contributed by atoms with Crippen LogP contribution in [0.3, 0.4) is 0 Å². The Kier molecular flexibility index (Phi) is 4.14. The number of hydrogen-bond acceptors (Lipinski definition) is 3. The van der Waals surface area contributed by atoms with E-state index >= 15 is 0 Å². The van der Waals surface area contributed by atoms with Gasteiger partial charge in [-0.1, -0.05) is 6.07 Å². The molecule has 0 aliphatic rings. The summed E-state index contributed by atoms with van der Waals surface area (Å²) in [5, 5.41) is 0. The Hall–Kier alpha value is -1.20. The third kappa shape index (κ3) is 3.17. The van der Waals surface area contributed by atoms with Crippen LogP contribution in [0.1, 0.15) is 15.2 Å². The van der Waals surface area contributed by atoms with Crippen LogP contribution in [0, 0.1) is 12.7 Å². The lowest BCUT2D eigenvalue weighted by atomic mass is 10.2. The van der Waals surface area contributed by atoms with Crippen LogP contribution in [0.25, 0.3) is 0 Å². The summed E-state index contributed by atoms with van der Waals surface area (Å²) in [6, 6.07) is 8.10. The molecule has 0 radical (unpaired) electrons. The maximum atomic E-state index is 13.3. The van der Waals surface area contributed by atoms with Gasteiger partial charge in [-0.2, -0.15) is 0 Å². The number of rotatable bonds is 4. The van der Waals surface area contributed by atoms with Crippen LogP contribution >= 0.6 is 27.3 Å². The Morgan fingerprint density at radius 1 is 1.39 bits per heavy atom. The minimum absolute atomic E-state index is 0.0878. The summed E-state index contributed by atoms with van der Waals surface area (Å²) >= 11 is 4.64. The molecule has 0 N–H and O–H groups in total. The first kappa shape index (κ1) is 13.2. The summed E-state index contributed by atoms with van der Waals surface area (Å²) in [6.07, 6.45) is 0. The number of carbonyl (C=O) groups is 1. The molecular formula is C13H10BrFO2S. The van der Waals surface area contributed by atoms with Crippen LogP contribution in [-0.2, 0) is 0 Å². The third-order valence-electron chi connectivity index (χ3n) is 2.36. The van der Waals surface area contributed by atoms with E-state index in [0.717, 1.165) is 3.79 Å². The van der Waals surface area contributed by atoms with E-state index in [1.807, 2.05) is 6.07 Å². The number of halogens is 2. The minimum Gasteiger partial charge on any atom is -0.485 e. The zero-order valence-electron chi connectivity index (χ0n) is 9.57. The van der Waals surface area contributed by atoms with E-state index in [2.05, 4.69) is 15.9 Å². The van der Waals surface area contributed by atoms with Gasteiger partial charge >= 0.3 is 0 Å². The summed E-state index contributed by atoms with van der Waals surface area (Å²) in [5.41, 5.74) is 0.552. The predicted octanol–water partition coefficient (Wildman–Crippen LogP) is 4.22. The van der Waals surface area contributed by atoms with Crippen molar-refractivity contribution in [2.75, 3.05) is 6.61 Å². The summed E-state index contributed by atoms with van der Waals surface area (Å²) in [5.74, 6) is -0.0902. The maximum absolute atomic E-state index is 13.3. The molecule has 1 aromatic heterocycles. The van der Waals surface area contributed by atoms with Gasteiger partial charge in [0.15, 0.2) is 6.61 Å². The van der Waals surface area contributed by atoms with Crippen molar-refractivity contribution < 1.29 is 13.9 Å². The molecule has 1 aromatic carbocycles. The van der Waals surface area contributed by atoms with Crippen LogP contribution in [0.4, 0.5) is 4.39 Å². The maximum Gasteiger partial charge on any atom is 0.210 e. The van der Waals surface area contributed by atoms with Crippen LogP contribution in [0.2, 0.25) is 0 Å². The standard InChI is InChI=1S/C13H10BrFO2S/c1-8-2-3-9(6-10(8)15)17-7-11(16)12-4-5-13(14)18-12/h2-6H,7H2,1H3. The second-order valence-electron chi connectivity index (χ2n) is 3.73. The van der Waals surface area contributed by atoms with E-state index < -0.39 is 0 Å². The molecule has 0 aliphatic carbocycles. The highest BCUT2D eigenvalue weighted by molar-refractivity contribution is 9.11. The fourth-order valence-corrected chi connectivity index (χ4v) is 2.66. The second-order valence-corrected chi connectivity index (χ2v) is 6.19. The van der Waals surface area contributed by atoms with Crippen LogP contribution in [-0.4, -0.2) is 12.4 Å². The van der Waals surface area contributed by atoms with Crippen molar-refractivity contribution in [2.24, 2.45) is 0 Å². The number of ether oxygens (including phenoxy) is 1. The molecule has 0 atom stereocenters. The molecule has 2 aromatic rings. The van der Waals surface area contributed by atoms with Crippen molar-refractivity contribution in [3.63, 3.8) is 0 Å². The number of carbonyl (C=O) groups excluding carboxylic acids is 1. The molecule has 0 fully saturated rings. The van der Waals surface area contributed by atoms with Crippen LogP contribution in [0.15, 0.2) is 34.1 Å². The first-order chi connectivity index (χ1) is 8.56. The summed E-state index contributed by atoms with van der Waals surface area (Å²) in [7, 11) is 0. The predicted molar refractivity (Wildman–Crippen MR) is 73.0 cm³/mol. The minimum atomic E-state index is -0.334. The molecule has 0 unspecified atom stereocenters. The summed E-state index contributed by atoms with van der Waals surface area (Å²) in [6.45, 7) is 1.59. The molecule has 0 spiro atoms. The van der Waals surface area contributed by atoms with E-state index in [4.69, 9.17) is 4.74 Å². The first-order valence-electron chi connectivity index (χ1n) is 5.24. The highest BCUT2D eigenvalue weighted by atomic mass is 79.9. The van der Waals surface area contributed by atoms with Crippen molar-refractivity contribution in [3.8, 4) is 5.75 Å². The lowest BCUT2D eigenvalue weighted by molar-refractivity contribution is 0.0925. The Labute approximate surface area is 117 Å². The van der Waals surface area contributed by atoms with Gasteiger partial charge in [-0.05, 0) is 46.6 Å². The van der Waals surface area contributed by atoms with E-state index in [0.29, 0.717) is 16.2 Å². The van der Waals surface area contributed by atoms with Crippen LogP contribution in [0.5, 0.6) is 5.75 Å². The van der Waals surface area contributed by atoms with Crippen molar-refractivity contribution in [1.82, 2.24) is 0 Å². The van der Waals surface area contributed by atoms with Crippen molar-refractivity contribution in [1.29, 1.82) is 0 Å². The van der Waals surface area contributed by atoms with Gasteiger partial charge in [-0.3, -0.25) is 4.79 Å². The number of benzene rings is 1. The molecule has 1 heterocycles. The lowest BCUT2D eigenvalue weighted by Gasteiger charge is -2.05. The molecular weight excluding hydrogens is 319 g/mol. The van der Waals surface area contributed by atoms with Gasteiger partial charge in [0, 0.05) is 6.07 Å². The summed E-state index contributed by atoms with van der Waals surface area (Å²) in [4.78, 5) is 12.4. The lowest BCUT2D eigenvalue weighted by Crippen LogP contribution is -2.10. The van der Waals surface area contributed by atoms with Gasteiger partial charge in [0.2, 0.25) is 5.78 Å². The summed E-state index contributed by atoms with van der Waals surface area (Å²) < 4.78 is 19.4. The van der Waals surface area contributed by atoms with Gasteiger partial charge in [0.1, 0.15) is 11.6 Å². The van der Waals surface area contributed by atoms with Crippen LogP contribution < -0.4 is 4.74 Å². The third-order valence-corrected chi connectivity index (χ3v) is 4.03. The quantitative estimate of drug-likeness (QED) is 0.785. The molecule has 0 amide bonds. The van der Waals surface area contributed by atoms with Gasteiger partial charge in [-0.15, -0.1) is 11.3 Å². The normalized spacial score (nSPS) is 10.4. The Morgan fingerprint density at radius 3 is 2.78 bits per heavy atom. The first-order valence-corrected chi connectivity index (χ1v) is 6.84. The van der Waals surface area contributed by atoms with E-state index in [9.17, 15) is 9.18 Å². The zero-order chi connectivity index (χ0) is 13.1. The Balaban J connectivity index is 1.99. The molecule has 0 aliphatic heterocycles. The fourth-order valence-electron chi connectivity index (χ4n) is 1.35. The number of hydrogen-bond donors (Lipinski definition) is 0. The van der Waals surface area contributed by atoms with Crippen molar-refractivity contribution >= 4 is 33.0 Å². The van der Waals surface area contributed by atoms with Crippen molar-refractivity contribution in [2.45, 2.75) is 6.92 Å². The molecule has 18 heavy (non-hydrogen) atoms. The Bertz CT molecular complexity index is 580. The highest BCUT2D eigenvalue weighted by Gasteiger charge is 2.10. The monoisotopic (exact) mass is 328 g/mol. The molecule has 5 heteroatoms. The van der Waals surface area contributed by atoms with E-state index in [1.165, 1.54) is 17.4 Å². The average Bonchev–Trinajstić information content (AvgIpc) is 2.77. The second kappa shape index (κ2) is 5.63. The van der Waals surface area contributed by atoms with Gasteiger partial charge in [0.25, 0.3) is 0 Å². The SMILES string of the molecule is Cc1ccc(OCC(=O)c2ccc(Br)s2)cc1F. The topological polar surface area (TPSA) is 26.3 Å². The fraction of sp³-hybridized carbons (Fsp3) is 0.154. The highest BCUT2D eigenvalue weighted by Crippen LogP contribution is 2.23. The number of thiophene rings is 1. The number of aryl methyl sites for hydroxylation is 1. The average molecular weight is 329 g/mol.